The Hall–Kier alpha value is -2.95. The third-order valence-electron chi connectivity index (χ3n) is 5.20. The van der Waals surface area contributed by atoms with Crippen LogP contribution in [0.4, 0.5) is 5.69 Å². The summed E-state index contributed by atoms with van der Waals surface area (Å²) >= 11 is 0. The molecule has 1 aliphatic heterocycles. The Bertz CT molecular complexity index is 823. The fourth-order valence-corrected chi connectivity index (χ4v) is 3.42. The third kappa shape index (κ3) is 5.28. The number of amides is 2. The number of likely N-dealkylation sites (tertiary alicyclic amines) is 1. The Morgan fingerprint density at radius 1 is 0.929 bits per heavy atom. The van der Waals surface area contributed by atoms with Gasteiger partial charge in [-0.05, 0) is 31.9 Å². The van der Waals surface area contributed by atoms with Crippen molar-refractivity contribution in [3.8, 4) is 0 Å². The molecule has 5 nitrogen and oxygen atoms in total. The molecule has 5 heteroatoms. The quantitative estimate of drug-likeness (QED) is 0.777. The van der Waals surface area contributed by atoms with Gasteiger partial charge in [0, 0.05) is 43.1 Å². The highest BCUT2D eigenvalue weighted by Gasteiger charge is 2.27. The molecule has 1 aliphatic rings. The average molecular weight is 378 g/mol. The fourth-order valence-electron chi connectivity index (χ4n) is 3.42. The molecule has 146 valence electrons. The number of nitrogens with one attached hydrogen (secondary N) is 1. The zero-order chi connectivity index (χ0) is 19.9. The summed E-state index contributed by atoms with van der Waals surface area (Å²) in [5.74, 6) is -0.0980. The first kappa shape index (κ1) is 19.8. The van der Waals surface area contributed by atoms with Gasteiger partial charge < -0.3 is 10.2 Å². The minimum absolute atomic E-state index is 0.00727. The van der Waals surface area contributed by atoms with E-state index in [1.54, 1.807) is 17.0 Å². The molecule has 0 radical (unpaired) electrons. The summed E-state index contributed by atoms with van der Waals surface area (Å²) in [6, 6.07) is 16.8. The number of anilines is 1. The van der Waals surface area contributed by atoms with Crippen LogP contribution in [0.5, 0.6) is 0 Å². The number of hydrogen-bond acceptors (Lipinski definition) is 3. The normalized spacial score (nSPS) is 14.5. The van der Waals surface area contributed by atoms with E-state index in [1.807, 2.05) is 49.4 Å². The predicted molar refractivity (Wildman–Crippen MR) is 109 cm³/mol. The number of ketones is 1. The summed E-state index contributed by atoms with van der Waals surface area (Å²) in [4.78, 5) is 38.8. The largest absolute Gasteiger partial charge is 0.343 e. The van der Waals surface area contributed by atoms with E-state index < -0.39 is 0 Å². The highest BCUT2D eigenvalue weighted by Crippen LogP contribution is 2.20. The average Bonchev–Trinajstić information content (AvgIpc) is 2.73. The maximum Gasteiger partial charge on any atom is 0.227 e. The number of rotatable bonds is 6. The van der Waals surface area contributed by atoms with Crippen molar-refractivity contribution in [1.82, 2.24) is 4.90 Å². The Balaban J connectivity index is 1.42. The first-order valence-corrected chi connectivity index (χ1v) is 9.76. The van der Waals surface area contributed by atoms with Crippen molar-refractivity contribution in [1.29, 1.82) is 0 Å². The molecular weight excluding hydrogens is 352 g/mol. The highest BCUT2D eigenvalue weighted by molar-refractivity contribution is 5.98. The number of Topliss-reactive ketones (excluding diaryl/α,β-unsaturated/α-hetero) is 1. The maximum atomic E-state index is 12.4. The highest BCUT2D eigenvalue weighted by atomic mass is 16.2. The van der Waals surface area contributed by atoms with Crippen molar-refractivity contribution in [2.75, 3.05) is 18.4 Å². The molecule has 1 N–H and O–H groups in total. The number of nitrogens with zero attached hydrogens (tertiary/aromatic N) is 1. The van der Waals surface area contributed by atoms with E-state index in [0.29, 0.717) is 31.5 Å². The Labute approximate surface area is 165 Å². The van der Waals surface area contributed by atoms with Gasteiger partial charge in [-0.2, -0.15) is 0 Å². The van der Waals surface area contributed by atoms with Crippen molar-refractivity contribution in [3.05, 3.63) is 65.7 Å². The van der Waals surface area contributed by atoms with Crippen LogP contribution in [0.1, 0.15) is 41.6 Å². The number of aryl methyl sites for hydroxylation is 1. The van der Waals surface area contributed by atoms with Gasteiger partial charge in [0.25, 0.3) is 0 Å². The molecule has 2 amide bonds. The van der Waals surface area contributed by atoms with Crippen LogP contribution >= 0.6 is 0 Å². The van der Waals surface area contributed by atoms with E-state index in [4.69, 9.17) is 0 Å². The van der Waals surface area contributed by atoms with Gasteiger partial charge in [-0.15, -0.1) is 0 Å². The van der Waals surface area contributed by atoms with Crippen molar-refractivity contribution in [2.24, 2.45) is 5.92 Å². The van der Waals surface area contributed by atoms with Gasteiger partial charge in [0.1, 0.15) is 0 Å². The number of carbonyl (C=O) groups excluding carboxylic acids is 3. The predicted octanol–water partition coefficient (Wildman–Crippen LogP) is 3.84. The lowest BCUT2D eigenvalue weighted by Crippen LogP contribution is -2.41. The number of para-hydroxylation sites is 1. The zero-order valence-electron chi connectivity index (χ0n) is 16.2. The first-order valence-electron chi connectivity index (χ1n) is 9.76. The van der Waals surface area contributed by atoms with Gasteiger partial charge in [0.2, 0.25) is 11.8 Å². The molecule has 28 heavy (non-hydrogen) atoms. The monoisotopic (exact) mass is 378 g/mol. The van der Waals surface area contributed by atoms with Crippen LogP contribution < -0.4 is 5.32 Å². The second kappa shape index (κ2) is 9.31. The lowest BCUT2D eigenvalue weighted by Gasteiger charge is -2.31. The lowest BCUT2D eigenvalue weighted by atomic mass is 9.95. The molecule has 2 aromatic rings. The van der Waals surface area contributed by atoms with E-state index in [-0.39, 0.29) is 36.4 Å². The molecule has 0 unspecified atom stereocenters. The molecular formula is C23H26N2O3. The standard InChI is InChI=1S/C23H26N2O3/c1-17-7-9-18(10-8-17)21(26)11-12-22(27)25-15-13-19(14-16-25)23(28)24-20-5-3-2-4-6-20/h2-10,19H,11-16H2,1H3,(H,24,28). The Morgan fingerprint density at radius 3 is 2.21 bits per heavy atom. The molecule has 1 heterocycles. The first-order chi connectivity index (χ1) is 13.5. The molecule has 1 saturated heterocycles. The van der Waals surface area contributed by atoms with Crippen LogP contribution in [0.25, 0.3) is 0 Å². The van der Waals surface area contributed by atoms with E-state index in [2.05, 4.69) is 5.32 Å². The summed E-state index contributed by atoms with van der Waals surface area (Å²) in [7, 11) is 0. The summed E-state index contributed by atoms with van der Waals surface area (Å²) in [5.41, 5.74) is 2.54. The lowest BCUT2D eigenvalue weighted by molar-refractivity contribution is -0.134. The van der Waals surface area contributed by atoms with Crippen LogP contribution in [-0.2, 0) is 9.59 Å². The molecule has 0 atom stereocenters. The second-order valence-corrected chi connectivity index (χ2v) is 7.30. The van der Waals surface area contributed by atoms with Crippen molar-refractivity contribution in [3.63, 3.8) is 0 Å². The van der Waals surface area contributed by atoms with Crippen molar-refractivity contribution >= 4 is 23.3 Å². The molecule has 0 saturated carbocycles. The minimum Gasteiger partial charge on any atom is -0.343 e. The zero-order valence-corrected chi connectivity index (χ0v) is 16.2. The number of benzene rings is 2. The van der Waals surface area contributed by atoms with Crippen LogP contribution in [0, 0.1) is 12.8 Å². The second-order valence-electron chi connectivity index (χ2n) is 7.30. The number of hydrogen-bond donors (Lipinski definition) is 1. The summed E-state index contributed by atoms with van der Waals surface area (Å²) in [6.45, 7) is 3.09. The van der Waals surface area contributed by atoms with E-state index >= 15 is 0 Å². The van der Waals surface area contributed by atoms with Gasteiger partial charge in [-0.1, -0.05) is 48.0 Å². The summed E-state index contributed by atoms with van der Waals surface area (Å²) in [6.07, 6.45) is 1.73. The van der Waals surface area contributed by atoms with Gasteiger partial charge in [-0.25, -0.2) is 0 Å². The summed E-state index contributed by atoms with van der Waals surface area (Å²) in [5, 5.41) is 2.93. The van der Waals surface area contributed by atoms with Gasteiger partial charge >= 0.3 is 0 Å². The molecule has 0 aliphatic carbocycles. The molecule has 3 rings (SSSR count). The minimum atomic E-state index is -0.0848. The fraction of sp³-hybridized carbons (Fsp3) is 0.348. The molecule has 2 aromatic carbocycles. The smallest absolute Gasteiger partial charge is 0.227 e. The third-order valence-corrected chi connectivity index (χ3v) is 5.20. The summed E-state index contributed by atoms with van der Waals surface area (Å²) < 4.78 is 0. The van der Waals surface area contributed by atoms with Gasteiger partial charge in [-0.3, -0.25) is 14.4 Å². The van der Waals surface area contributed by atoms with Crippen molar-refractivity contribution < 1.29 is 14.4 Å². The maximum absolute atomic E-state index is 12.4. The van der Waals surface area contributed by atoms with Gasteiger partial charge in [0.15, 0.2) is 5.78 Å². The van der Waals surface area contributed by atoms with Crippen LogP contribution in [0.3, 0.4) is 0 Å². The molecule has 0 bridgehead atoms. The molecule has 1 fully saturated rings. The number of carbonyl (C=O) groups is 3. The van der Waals surface area contributed by atoms with Gasteiger partial charge in [0.05, 0.1) is 0 Å². The van der Waals surface area contributed by atoms with E-state index in [1.165, 1.54) is 0 Å². The molecule has 0 aromatic heterocycles. The topological polar surface area (TPSA) is 66.5 Å². The molecule has 0 spiro atoms. The Kier molecular flexibility index (Phi) is 6.58. The van der Waals surface area contributed by atoms with Crippen LogP contribution in [-0.4, -0.2) is 35.6 Å². The van der Waals surface area contributed by atoms with Crippen molar-refractivity contribution in [2.45, 2.75) is 32.6 Å². The van der Waals surface area contributed by atoms with Crippen LogP contribution in [0.15, 0.2) is 54.6 Å². The number of piperidine rings is 1. The van der Waals surface area contributed by atoms with Crippen LogP contribution in [0.2, 0.25) is 0 Å². The SMILES string of the molecule is Cc1ccc(C(=O)CCC(=O)N2CCC(C(=O)Nc3ccccc3)CC2)cc1. The Morgan fingerprint density at radius 2 is 1.57 bits per heavy atom. The van der Waals surface area contributed by atoms with E-state index in [0.717, 1.165) is 11.3 Å². The van der Waals surface area contributed by atoms with E-state index in [9.17, 15) is 14.4 Å².